The van der Waals surface area contributed by atoms with Crippen LogP contribution < -0.4 is 5.32 Å². The van der Waals surface area contributed by atoms with Gasteiger partial charge in [-0.25, -0.2) is 0 Å². The number of rotatable bonds is 3. The van der Waals surface area contributed by atoms with Gasteiger partial charge in [0.05, 0.1) is 0 Å². The van der Waals surface area contributed by atoms with Gasteiger partial charge in [0.25, 0.3) is 0 Å². The molecule has 1 fully saturated rings. The molecule has 3 rings (SSSR count). The minimum atomic E-state index is 0.456. The number of fused-ring (bicyclic) bond motifs is 1. The fraction of sp³-hybridized carbons (Fsp3) is 0.571. The predicted octanol–water partition coefficient (Wildman–Crippen LogP) is 2.47. The molecular formula is C14H19N. The van der Waals surface area contributed by atoms with Gasteiger partial charge in [-0.3, -0.25) is 0 Å². The van der Waals surface area contributed by atoms with E-state index in [1.54, 1.807) is 16.7 Å². The Morgan fingerprint density at radius 2 is 2.13 bits per heavy atom. The van der Waals surface area contributed by atoms with Crippen molar-refractivity contribution in [3.8, 4) is 0 Å². The minimum Gasteiger partial charge on any atom is -0.314 e. The smallest absolute Gasteiger partial charge is 0.0220 e. The lowest BCUT2D eigenvalue weighted by atomic mass is 9.96. The van der Waals surface area contributed by atoms with E-state index in [-0.39, 0.29) is 0 Å². The molecule has 2 aliphatic carbocycles. The van der Waals surface area contributed by atoms with Crippen LogP contribution >= 0.6 is 0 Å². The zero-order chi connectivity index (χ0) is 10.3. The van der Waals surface area contributed by atoms with Crippen LogP contribution in [0.25, 0.3) is 0 Å². The lowest BCUT2D eigenvalue weighted by molar-refractivity contribution is 0.547. The van der Waals surface area contributed by atoms with E-state index in [2.05, 4.69) is 30.6 Å². The van der Waals surface area contributed by atoms with Crippen molar-refractivity contribution in [2.45, 2.75) is 44.1 Å². The first-order valence-corrected chi connectivity index (χ1v) is 6.12. The number of nitrogens with one attached hydrogen (secondary N) is 1. The summed E-state index contributed by atoms with van der Waals surface area (Å²) in [5, 5.41) is 3.49. The van der Waals surface area contributed by atoms with Crippen LogP contribution in [0.3, 0.4) is 0 Å². The molecule has 1 aromatic rings. The molecule has 0 heterocycles. The number of hydrogen-bond donors (Lipinski definition) is 1. The molecule has 0 aromatic heterocycles. The minimum absolute atomic E-state index is 0.456. The van der Waals surface area contributed by atoms with Crippen LogP contribution in [0.2, 0.25) is 0 Å². The van der Waals surface area contributed by atoms with Gasteiger partial charge in [-0.1, -0.05) is 18.2 Å². The molecule has 0 atom stereocenters. The Morgan fingerprint density at radius 1 is 1.27 bits per heavy atom. The molecular weight excluding hydrogens is 182 g/mol. The third kappa shape index (κ3) is 1.59. The SMILES string of the molecule is CNC1(Cc2cccc3c2CCC3)CC1. The topological polar surface area (TPSA) is 12.0 Å². The van der Waals surface area contributed by atoms with Gasteiger partial charge >= 0.3 is 0 Å². The van der Waals surface area contributed by atoms with Crippen molar-refractivity contribution in [2.24, 2.45) is 0 Å². The number of hydrogen-bond acceptors (Lipinski definition) is 1. The Morgan fingerprint density at radius 3 is 2.87 bits per heavy atom. The van der Waals surface area contributed by atoms with Crippen molar-refractivity contribution in [3.63, 3.8) is 0 Å². The van der Waals surface area contributed by atoms with Crippen LogP contribution in [0, 0.1) is 0 Å². The first-order chi connectivity index (χ1) is 7.33. The maximum atomic E-state index is 3.49. The van der Waals surface area contributed by atoms with Crippen LogP contribution in [-0.4, -0.2) is 12.6 Å². The normalized spacial score (nSPS) is 21.4. The highest BCUT2D eigenvalue weighted by Gasteiger charge is 2.41. The fourth-order valence-corrected chi connectivity index (χ4v) is 2.90. The Labute approximate surface area is 91.9 Å². The molecule has 2 aliphatic rings. The van der Waals surface area contributed by atoms with Crippen molar-refractivity contribution in [1.82, 2.24) is 5.32 Å². The van der Waals surface area contributed by atoms with Crippen molar-refractivity contribution in [1.29, 1.82) is 0 Å². The molecule has 1 heteroatoms. The van der Waals surface area contributed by atoms with E-state index in [4.69, 9.17) is 0 Å². The predicted molar refractivity (Wildman–Crippen MR) is 63.2 cm³/mol. The third-order valence-corrected chi connectivity index (χ3v) is 4.16. The van der Waals surface area contributed by atoms with Crippen molar-refractivity contribution in [3.05, 3.63) is 34.9 Å². The molecule has 15 heavy (non-hydrogen) atoms. The van der Waals surface area contributed by atoms with E-state index in [1.807, 2.05) is 0 Å². The van der Waals surface area contributed by atoms with Gasteiger partial charge in [-0.15, -0.1) is 0 Å². The van der Waals surface area contributed by atoms with Crippen LogP contribution in [-0.2, 0) is 19.3 Å². The maximum absolute atomic E-state index is 3.49. The molecule has 0 unspecified atom stereocenters. The summed E-state index contributed by atoms with van der Waals surface area (Å²) in [7, 11) is 2.11. The molecule has 0 bridgehead atoms. The fourth-order valence-electron chi connectivity index (χ4n) is 2.90. The first kappa shape index (κ1) is 9.41. The summed E-state index contributed by atoms with van der Waals surface area (Å²) in [5.74, 6) is 0. The molecule has 80 valence electrons. The van der Waals surface area contributed by atoms with E-state index in [1.165, 1.54) is 38.5 Å². The van der Waals surface area contributed by atoms with E-state index >= 15 is 0 Å². The van der Waals surface area contributed by atoms with Gasteiger partial charge in [0.2, 0.25) is 0 Å². The molecule has 0 saturated heterocycles. The van der Waals surface area contributed by atoms with Crippen molar-refractivity contribution >= 4 is 0 Å². The van der Waals surface area contributed by atoms with E-state index < -0.39 is 0 Å². The first-order valence-electron chi connectivity index (χ1n) is 6.12. The van der Waals surface area contributed by atoms with Crippen molar-refractivity contribution in [2.75, 3.05) is 7.05 Å². The van der Waals surface area contributed by atoms with Crippen LogP contribution in [0.4, 0.5) is 0 Å². The standard InChI is InChI=1S/C14H19N/c1-15-14(8-9-14)10-12-6-2-4-11-5-3-7-13(11)12/h2,4,6,15H,3,5,7-10H2,1H3. The second-order valence-corrected chi connectivity index (χ2v) is 5.12. The van der Waals surface area contributed by atoms with Crippen LogP contribution in [0.5, 0.6) is 0 Å². The zero-order valence-corrected chi connectivity index (χ0v) is 9.47. The number of likely N-dealkylation sites (N-methyl/N-ethyl adjacent to an activating group) is 1. The van der Waals surface area contributed by atoms with Gasteiger partial charge in [-0.2, -0.15) is 0 Å². The Kier molecular flexibility index (Phi) is 2.10. The van der Waals surface area contributed by atoms with E-state index in [0.29, 0.717) is 5.54 Å². The summed E-state index contributed by atoms with van der Waals surface area (Å²) in [6, 6.07) is 6.89. The Balaban J connectivity index is 1.89. The third-order valence-electron chi connectivity index (χ3n) is 4.16. The molecule has 1 nitrogen and oxygen atoms in total. The summed E-state index contributed by atoms with van der Waals surface area (Å²) < 4.78 is 0. The molecule has 0 radical (unpaired) electrons. The lowest BCUT2D eigenvalue weighted by Crippen LogP contribution is -2.29. The summed E-state index contributed by atoms with van der Waals surface area (Å²) in [4.78, 5) is 0. The van der Waals surface area contributed by atoms with Gasteiger partial charge in [0.1, 0.15) is 0 Å². The van der Waals surface area contributed by atoms with Crippen molar-refractivity contribution < 1.29 is 0 Å². The highest BCUT2D eigenvalue weighted by molar-refractivity contribution is 5.40. The molecule has 1 N–H and O–H groups in total. The molecule has 0 aliphatic heterocycles. The van der Waals surface area contributed by atoms with E-state index in [0.717, 1.165) is 0 Å². The van der Waals surface area contributed by atoms with Gasteiger partial charge in [-0.05, 0) is 62.3 Å². The molecule has 1 aromatic carbocycles. The summed E-state index contributed by atoms with van der Waals surface area (Å²) in [5.41, 5.74) is 5.34. The molecule has 0 spiro atoms. The summed E-state index contributed by atoms with van der Waals surface area (Å²) in [6.07, 6.45) is 7.92. The maximum Gasteiger partial charge on any atom is 0.0220 e. The van der Waals surface area contributed by atoms with Gasteiger partial charge in [0.15, 0.2) is 0 Å². The summed E-state index contributed by atoms with van der Waals surface area (Å²) >= 11 is 0. The lowest BCUT2D eigenvalue weighted by Gasteiger charge is -2.16. The number of aryl methyl sites for hydroxylation is 1. The molecule has 0 amide bonds. The zero-order valence-electron chi connectivity index (χ0n) is 9.47. The van der Waals surface area contributed by atoms with Gasteiger partial charge < -0.3 is 5.32 Å². The van der Waals surface area contributed by atoms with Gasteiger partial charge in [0, 0.05) is 5.54 Å². The van der Waals surface area contributed by atoms with Crippen LogP contribution in [0.15, 0.2) is 18.2 Å². The highest BCUT2D eigenvalue weighted by atomic mass is 15.0. The summed E-state index contributed by atoms with van der Waals surface area (Å²) in [6.45, 7) is 0. The average Bonchev–Trinajstić information content (AvgIpc) is 2.87. The molecule has 1 saturated carbocycles. The highest BCUT2D eigenvalue weighted by Crippen LogP contribution is 2.40. The monoisotopic (exact) mass is 201 g/mol. The Hall–Kier alpha value is -0.820. The largest absolute Gasteiger partial charge is 0.314 e. The quantitative estimate of drug-likeness (QED) is 0.792. The second kappa shape index (κ2) is 3.34. The average molecular weight is 201 g/mol. The number of benzene rings is 1. The Bertz CT molecular complexity index is 377. The van der Waals surface area contributed by atoms with E-state index in [9.17, 15) is 0 Å². The van der Waals surface area contributed by atoms with Crippen LogP contribution in [0.1, 0.15) is 36.0 Å². The second-order valence-electron chi connectivity index (χ2n) is 5.12.